The number of sulfonamides is 1. The summed E-state index contributed by atoms with van der Waals surface area (Å²) in [6.45, 7) is 0. The number of hydrogen-bond donors (Lipinski definition) is 1. The van der Waals surface area contributed by atoms with Crippen molar-refractivity contribution >= 4 is 16.0 Å². The second-order valence-electron chi connectivity index (χ2n) is 3.43. The molecule has 19 heavy (non-hydrogen) atoms. The average molecular weight is 282 g/mol. The summed E-state index contributed by atoms with van der Waals surface area (Å²) in [5.41, 5.74) is -0.570. The highest BCUT2D eigenvalue weighted by atomic mass is 32.2. The second kappa shape index (κ2) is 4.62. The molecule has 1 aromatic carbocycles. The van der Waals surface area contributed by atoms with Crippen LogP contribution in [-0.4, -0.2) is 28.6 Å². The Hall–Kier alpha value is -2.54. The number of rotatable bonds is 3. The average Bonchev–Trinajstić information content (AvgIpc) is 2.73. The number of nitrogens with zero attached hydrogens (tertiary/aromatic N) is 5. The zero-order chi connectivity index (χ0) is 14.0. The van der Waals surface area contributed by atoms with Gasteiger partial charge in [0.2, 0.25) is 0 Å². The van der Waals surface area contributed by atoms with Crippen LogP contribution < -0.4 is 4.72 Å². The third-order valence-corrected chi connectivity index (χ3v) is 3.48. The Morgan fingerprint density at radius 1 is 1.47 bits per heavy atom. The smallest absolute Gasteiger partial charge is 0.244 e. The molecule has 98 valence electrons. The van der Waals surface area contributed by atoms with E-state index in [-0.39, 0.29) is 5.95 Å². The first-order valence-corrected chi connectivity index (χ1v) is 6.38. The van der Waals surface area contributed by atoms with Crippen molar-refractivity contribution < 1.29 is 12.8 Å². The van der Waals surface area contributed by atoms with E-state index in [1.165, 1.54) is 19.2 Å². The minimum absolute atomic E-state index is 0.268. The fourth-order valence-corrected chi connectivity index (χ4v) is 2.44. The monoisotopic (exact) mass is 282 g/mol. The Balaban J connectivity index is 2.46. The number of tetrazole rings is 1. The predicted molar refractivity (Wildman–Crippen MR) is 60.7 cm³/mol. The maximum Gasteiger partial charge on any atom is 0.277 e. The standard InChI is InChI=1S/C9H7FN6O2S/c1-16-13-9(12-15-16)14-19(17,18)8-4-2-3-7(10)6(8)5-11/h2-4H,1H3,(H,13,14). The topological polar surface area (TPSA) is 114 Å². The molecule has 1 aromatic heterocycles. The molecule has 0 spiro atoms. The quantitative estimate of drug-likeness (QED) is 0.849. The van der Waals surface area contributed by atoms with Crippen molar-refractivity contribution in [1.29, 1.82) is 5.26 Å². The predicted octanol–water partition coefficient (Wildman–Crippen LogP) is 0.0217. The van der Waals surface area contributed by atoms with E-state index in [9.17, 15) is 12.8 Å². The van der Waals surface area contributed by atoms with Crippen LogP contribution in [-0.2, 0) is 17.1 Å². The molecule has 0 unspecified atom stereocenters. The minimum atomic E-state index is -4.16. The normalized spacial score (nSPS) is 11.0. The largest absolute Gasteiger partial charge is 0.277 e. The highest BCUT2D eigenvalue weighted by molar-refractivity contribution is 7.92. The lowest BCUT2D eigenvalue weighted by atomic mass is 10.2. The van der Waals surface area contributed by atoms with Gasteiger partial charge in [0.1, 0.15) is 22.3 Å². The molecule has 0 radical (unpaired) electrons. The Bertz CT molecular complexity index is 763. The number of nitriles is 1. The van der Waals surface area contributed by atoms with Gasteiger partial charge in [0.15, 0.2) is 0 Å². The van der Waals surface area contributed by atoms with Crippen LogP contribution in [0.1, 0.15) is 5.56 Å². The summed E-state index contributed by atoms with van der Waals surface area (Å²) in [7, 11) is -2.70. The SMILES string of the molecule is Cn1nnc(NS(=O)(=O)c2cccc(F)c2C#N)n1. The van der Waals surface area contributed by atoms with Crippen molar-refractivity contribution in [2.45, 2.75) is 4.90 Å². The van der Waals surface area contributed by atoms with Gasteiger partial charge in [-0.2, -0.15) is 10.1 Å². The van der Waals surface area contributed by atoms with Gasteiger partial charge in [-0.25, -0.2) is 17.5 Å². The Morgan fingerprint density at radius 2 is 2.21 bits per heavy atom. The highest BCUT2D eigenvalue weighted by Gasteiger charge is 2.22. The first-order valence-electron chi connectivity index (χ1n) is 4.89. The van der Waals surface area contributed by atoms with Crippen LogP contribution in [0.2, 0.25) is 0 Å². The molecule has 0 aliphatic carbocycles. The van der Waals surface area contributed by atoms with Crippen molar-refractivity contribution in [1.82, 2.24) is 20.2 Å². The third-order valence-electron chi connectivity index (χ3n) is 2.11. The van der Waals surface area contributed by atoms with E-state index in [1.54, 1.807) is 0 Å². The minimum Gasteiger partial charge on any atom is -0.244 e. The zero-order valence-corrected chi connectivity index (χ0v) is 10.4. The van der Waals surface area contributed by atoms with Crippen LogP contribution in [0.25, 0.3) is 0 Å². The second-order valence-corrected chi connectivity index (χ2v) is 5.08. The lowest BCUT2D eigenvalue weighted by molar-refractivity contribution is 0.593. The summed E-state index contributed by atoms with van der Waals surface area (Å²) in [6, 6.07) is 4.80. The molecular formula is C9H7FN6O2S. The lowest BCUT2D eigenvalue weighted by Crippen LogP contribution is -2.16. The van der Waals surface area contributed by atoms with Gasteiger partial charge in [0.05, 0.1) is 7.05 Å². The van der Waals surface area contributed by atoms with E-state index in [2.05, 4.69) is 15.4 Å². The van der Waals surface area contributed by atoms with E-state index in [4.69, 9.17) is 5.26 Å². The number of hydrogen-bond acceptors (Lipinski definition) is 6. The van der Waals surface area contributed by atoms with Gasteiger partial charge >= 0.3 is 0 Å². The van der Waals surface area contributed by atoms with Crippen molar-refractivity contribution in [3.05, 3.63) is 29.6 Å². The Labute approximate surface area is 107 Å². The molecule has 1 heterocycles. The Kier molecular flexibility index (Phi) is 3.14. The first-order chi connectivity index (χ1) is 8.94. The summed E-state index contributed by atoms with van der Waals surface area (Å²) < 4.78 is 39.4. The lowest BCUT2D eigenvalue weighted by Gasteiger charge is -2.06. The molecule has 0 fully saturated rings. The van der Waals surface area contributed by atoms with Crippen molar-refractivity contribution in [3.8, 4) is 6.07 Å². The molecule has 0 saturated carbocycles. The van der Waals surface area contributed by atoms with Crippen molar-refractivity contribution in [2.75, 3.05) is 4.72 Å². The van der Waals surface area contributed by atoms with E-state index in [0.717, 1.165) is 16.9 Å². The van der Waals surface area contributed by atoms with Gasteiger partial charge in [-0.15, -0.1) is 5.10 Å². The molecule has 0 aliphatic rings. The molecule has 0 atom stereocenters. The molecule has 0 aliphatic heterocycles. The summed E-state index contributed by atoms with van der Waals surface area (Å²) >= 11 is 0. The number of halogens is 1. The zero-order valence-electron chi connectivity index (χ0n) is 9.57. The van der Waals surface area contributed by atoms with Crippen LogP contribution in [0.4, 0.5) is 10.3 Å². The number of benzene rings is 1. The van der Waals surface area contributed by atoms with Crippen LogP contribution in [0.5, 0.6) is 0 Å². The molecule has 8 nitrogen and oxygen atoms in total. The Morgan fingerprint density at radius 3 is 2.79 bits per heavy atom. The molecule has 10 heteroatoms. The molecule has 0 saturated heterocycles. The van der Waals surface area contributed by atoms with Gasteiger partial charge in [0.25, 0.3) is 16.0 Å². The van der Waals surface area contributed by atoms with E-state index in [1.807, 2.05) is 4.72 Å². The summed E-state index contributed by atoms with van der Waals surface area (Å²) in [4.78, 5) is 0.566. The first kappa shape index (κ1) is 12.9. The summed E-state index contributed by atoms with van der Waals surface area (Å²) in [5.74, 6) is -1.19. The van der Waals surface area contributed by atoms with Crippen LogP contribution in [0.15, 0.2) is 23.1 Å². The molecule has 1 N–H and O–H groups in total. The molecule has 2 aromatic rings. The van der Waals surface area contributed by atoms with Gasteiger partial charge in [-0.05, 0) is 17.3 Å². The van der Waals surface area contributed by atoms with E-state index >= 15 is 0 Å². The van der Waals surface area contributed by atoms with Crippen molar-refractivity contribution in [2.24, 2.45) is 7.05 Å². The molecule has 2 rings (SSSR count). The van der Waals surface area contributed by atoms with Gasteiger partial charge in [-0.3, -0.25) is 0 Å². The summed E-state index contributed by atoms with van der Waals surface area (Å²) in [5, 5.41) is 19.3. The maximum atomic E-state index is 13.4. The molecular weight excluding hydrogens is 275 g/mol. The number of aromatic nitrogens is 4. The fourth-order valence-electron chi connectivity index (χ4n) is 1.34. The highest BCUT2D eigenvalue weighted by Crippen LogP contribution is 2.19. The van der Waals surface area contributed by atoms with Gasteiger partial charge in [0, 0.05) is 0 Å². The van der Waals surface area contributed by atoms with Gasteiger partial charge in [-0.1, -0.05) is 11.2 Å². The molecule has 0 bridgehead atoms. The van der Waals surface area contributed by atoms with Crippen molar-refractivity contribution in [3.63, 3.8) is 0 Å². The fraction of sp³-hybridized carbons (Fsp3) is 0.111. The maximum absolute atomic E-state index is 13.4. The molecule has 0 amide bonds. The van der Waals surface area contributed by atoms with Crippen LogP contribution in [0, 0.1) is 17.1 Å². The van der Waals surface area contributed by atoms with Crippen LogP contribution >= 0.6 is 0 Å². The number of nitrogens with one attached hydrogen (secondary N) is 1. The number of aryl methyl sites for hydroxylation is 1. The number of anilines is 1. The van der Waals surface area contributed by atoms with Gasteiger partial charge < -0.3 is 0 Å². The van der Waals surface area contributed by atoms with Crippen LogP contribution in [0.3, 0.4) is 0 Å². The summed E-state index contributed by atoms with van der Waals surface area (Å²) in [6.07, 6.45) is 0. The van der Waals surface area contributed by atoms with E-state index in [0.29, 0.717) is 0 Å². The van der Waals surface area contributed by atoms with E-state index < -0.39 is 26.3 Å². The third kappa shape index (κ3) is 2.50.